The van der Waals surface area contributed by atoms with Crippen LogP contribution in [0.15, 0.2) is 45.3 Å². The van der Waals surface area contributed by atoms with Crippen molar-refractivity contribution in [2.24, 2.45) is 0 Å². The first-order valence-corrected chi connectivity index (χ1v) is 12.0. The van der Waals surface area contributed by atoms with E-state index < -0.39 is 24.0 Å². The Morgan fingerprint density at radius 3 is 2.68 bits per heavy atom. The Labute approximate surface area is 188 Å². The number of phenols is 1. The van der Waals surface area contributed by atoms with Crippen LogP contribution in [0.2, 0.25) is 0 Å². The number of benzene rings is 1. The molecule has 2 unspecified atom stereocenters. The van der Waals surface area contributed by atoms with Gasteiger partial charge in [-0.25, -0.2) is 4.79 Å². The van der Waals surface area contributed by atoms with Crippen LogP contribution >= 0.6 is 23.7 Å². The van der Waals surface area contributed by atoms with Crippen molar-refractivity contribution < 1.29 is 24.6 Å². The van der Waals surface area contributed by atoms with Crippen molar-refractivity contribution in [1.29, 1.82) is 0 Å². The lowest BCUT2D eigenvalue weighted by Crippen LogP contribution is -2.52. The number of thioether (sulfide) groups is 1. The lowest BCUT2D eigenvalue weighted by Gasteiger charge is -2.32. The van der Waals surface area contributed by atoms with Gasteiger partial charge in [-0.15, -0.1) is 16.2 Å². The van der Waals surface area contributed by atoms with Crippen molar-refractivity contribution in [3.63, 3.8) is 0 Å². The Kier molecular flexibility index (Phi) is 6.31. The highest BCUT2D eigenvalue weighted by Crippen LogP contribution is 2.47. The van der Waals surface area contributed by atoms with E-state index in [0.717, 1.165) is 31.3 Å². The number of carbonyl (C=O) groups excluding carboxylic acids is 2. The molecule has 0 aromatic heterocycles. The number of nitrogens with one attached hydrogen (secondary N) is 2. The van der Waals surface area contributed by atoms with Gasteiger partial charge in [-0.05, 0) is 67.2 Å². The van der Waals surface area contributed by atoms with Crippen LogP contribution in [0.25, 0.3) is 0 Å². The zero-order chi connectivity index (χ0) is 22.1. The predicted octanol–water partition coefficient (Wildman–Crippen LogP) is 2.33. The topological polar surface area (TPSA) is 119 Å². The number of ketones is 1. The average Bonchev–Trinajstić information content (AvgIpc) is 3.13. The Morgan fingerprint density at radius 1 is 1.29 bits per heavy atom. The van der Waals surface area contributed by atoms with Crippen LogP contribution in [-0.4, -0.2) is 50.6 Å². The second kappa shape index (κ2) is 8.97. The standard InChI is InChI=1S/C21H23N3O5S2/c1-30-20-16(18(26)17-13-4-2-3-5-15(13)31-24(17)23-20)19(27)22-14(21(28)29)10-11-6-8-12(25)9-7-11/h6-9,14,17,23,25H,2-5,10H2,1H3,(H,22,27)(H,28,29). The number of carboxylic acid groups (broad SMARTS) is 1. The highest BCUT2D eigenvalue weighted by atomic mass is 32.2. The van der Waals surface area contributed by atoms with Crippen LogP contribution in [0.4, 0.5) is 0 Å². The number of allylic oxidation sites excluding steroid dienone is 1. The number of Topliss-reactive ketones (excluding diaryl/α,β-unsaturated/α-hetero) is 1. The fourth-order valence-corrected chi connectivity index (χ4v) is 5.94. The van der Waals surface area contributed by atoms with Gasteiger partial charge in [0.25, 0.3) is 5.91 Å². The third kappa shape index (κ3) is 4.32. The van der Waals surface area contributed by atoms with Gasteiger partial charge in [-0.2, -0.15) is 0 Å². The number of hydrogen-bond donors (Lipinski definition) is 4. The first kappa shape index (κ1) is 21.8. The maximum Gasteiger partial charge on any atom is 0.326 e. The predicted molar refractivity (Wildman–Crippen MR) is 119 cm³/mol. The van der Waals surface area contributed by atoms with Gasteiger partial charge < -0.3 is 21.0 Å². The molecule has 2 aliphatic heterocycles. The van der Waals surface area contributed by atoms with Crippen LogP contribution in [0.3, 0.4) is 0 Å². The molecule has 0 saturated carbocycles. The Balaban J connectivity index is 1.56. The van der Waals surface area contributed by atoms with Gasteiger partial charge in [0.15, 0.2) is 5.78 Å². The smallest absolute Gasteiger partial charge is 0.326 e. The molecule has 1 aliphatic carbocycles. The molecule has 0 spiro atoms. The van der Waals surface area contributed by atoms with E-state index in [0.29, 0.717) is 10.6 Å². The Bertz CT molecular complexity index is 989. The highest BCUT2D eigenvalue weighted by Gasteiger charge is 2.46. The summed E-state index contributed by atoms with van der Waals surface area (Å²) in [5, 5.41) is 22.0. The van der Waals surface area contributed by atoms with Gasteiger partial charge in [0.1, 0.15) is 23.4 Å². The average molecular weight is 462 g/mol. The van der Waals surface area contributed by atoms with Crippen molar-refractivity contribution in [2.45, 2.75) is 44.2 Å². The van der Waals surface area contributed by atoms with Crippen LogP contribution in [0, 0.1) is 0 Å². The summed E-state index contributed by atoms with van der Waals surface area (Å²) < 4.78 is 1.81. The quantitative estimate of drug-likeness (QED) is 0.374. The third-order valence-corrected chi connectivity index (χ3v) is 7.46. The SMILES string of the molecule is CSC1=C(C(=O)NC(Cc2ccc(O)cc2)C(=O)O)C(=O)C2C3=C(CCCC3)SN2N1. The summed E-state index contributed by atoms with van der Waals surface area (Å²) in [6, 6.07) is 4.38. The van der Waals surface area contributed by atoms with Crippen molar-refractivity contribution in [3.8, 4) is 5.75 Å². The summed E-state index contributed by atoms with van der Waals surface area (Å²) in [5.74, 6) is -2.11. The van der Waals surface area contributed by atoms with Crippen LogP contribution in [0.1, 0.15) is 31.2 Å². The molecule has 0 radical (unpaired) electrons. The fraction of sp³-hybridized carbons (Fsp3) is 0.381. The summed E-state index contributed by atoms with van der Waals surface area (Å²) >= 11 is 2.77. The van der Waals surface area contributed by atoms with Gasteiger partial charge in [0.05, 0.1) is 5.03 Å². The maximum absolute atomic E-state index is 13.4. The molecule has 164 valence electrons. The molecule has 3 aliphatic rings. The number of nitrogens with zero attached hydrogens (tertiary/aromatic N) is 1. The van der Waals surface area contributed by atoms with E-state index in [4.69, 9.17) is 0 Å². The Hall–Kier alpha value is -2.43. The zero-order valence-corrected chi connectivity index (χ0v) is 18.5. The molecule has 0 saturated heterocycles. The number of fused-ring (bicyclic) bond motifs is 2. The van der Waals surface area contributed by atoms with Gasteiger partial charge in [-0.1, -0.05) is 12.1 Å². The number of carboxylic acids is 1. The van der Waals surface area contributed by atoms with Gasteiger partial charge in [0, 0.05) is 11.3 Å². The van der Waals surface area contributed by atoms with Crippen LogP contribution in [0.5, 0.6) is 5.75 Å². The van der Waals surface area contributed by atoms with E-state index in [1.807, 2.05) is 4.41 Å². The number of aromatic hydroxyl groups is 1. The van der Waals surface area contributed by atoms with Crippen molar-refractivity contribution in [3.05, 3.63) is 50.9 Å². The maximum atomic E-state index is 13.4. The third-order valence-electron chi connectivity index (χ3n) is 5.58. The number of hydrazine groups is 1. The number of rotatable bonds is 6. The van der Waals surface area contributed by atoms with Crippen LogP contribution < -0.4 is 10.7 Å². The molecule has 2 heterocycles. The fourth-order valence-electron chi connectivity index (χ4n) is 4.03. The minimum Gasteiger partial charge on any atom is -0.508 e. The normalized spacial score (nSPS) is 22.0. The van der Waals surface area contributed by atoms with E-state index in [-0.39, 0.29) is 23.5 Å². The Morgan fingerprint density at radius 2 is 2.00 bits per heavy atom. The van der Waals surface area contributed by atoms with Gasteiger partial charge in [-0.3, -0.25) is 9.59 Å². The lowest BCUT2D eigenvalue weighted by atomic mass is 9.89. The molecule has 4 rings (SSSR count). The molecular formula is C21H23N3O5S2. The molecular weight excluding hydrogens is 438 g/mol. The van der Waals surface area contributed by atoms with E-state index in [1.54, 1.807) is 18.4 Å². The largest absolute Gasteiger partial charge is 0.508 e. The van der Waals surface area contributed by atoms with Gasteiger partial charge in [0.2, 0.25) is 0 Å². The monoisotopic (exact) mass is 461 g/mol. The summed E-state index contributed by atoms with van der Waals surface area (Å²) in [7, 11) is 0. The van der Waals surface area contributed by atoms with E-state index in [9.17, 15) is 24.6 Å². The molecule has 31 heavy (non-hydrogen) atoms. The summed E-state index contributed by atoms with van der Waals surface area (Å²) in [6.45, 7) is 0. The highest BCUT2D eigenvalue weighted by molar-refractivity contribution is 8.02. The molecule has 1 amide bonds. The number of hydrogen-bond acceptors (Lipinski definition) is 8. The first-order valence-electron chi connectivity index (χ1n) is 9.99. The number of carbonyl (C=O) groups is 3. The molecule has 10 heteroatoms. The summed E-state index contributed by atoms with van der Waals surface area (Å²) in [4.78, 5) is 39.5. The second-order valence-electron chi connectivity index (χ2n) is 7.59. The molecule has 0 fully saturated rings. The molecule has 0 bridgehead atoms. The number of phenolic OH excluding ortho intramolecular Hbond substituents is 1. The van der Waals surface area contributed by atoms with Crippen molar-refractivity contribution >= 4 is 41.4 Å². The van der Waals surface area contributed by atoms with Crippen molar-refractivity contribution in [2.75, 3.05) is 6.26 Å². The summed E-state index contributed by atoms with van der Waals surface area (Å²) in [5.41, 5.74) is 4.87. The molecule has 1 aromatic carbocycles. The van der Waals surface area contributed by atoms with E-state index in [1.165, 1.54) is 40.7 Å². The van der Waals surface area contributed by atoms with E-state index >= 15 is 0 Å². The minimum absolute atomic E-state index is 0.0226. The summed E-state index contributed by atoms with van der Waals surface area (Å²) in [6.07, 6.45) is 5.68. The second-order valence-corrected chi connectivity index (χ2v) is 9.48. The zero-order valence-electron chi connectivity index (χ0n) is 16.9. The molecule has 1 aromatic rings. The van der Waals surface area contributed by atoms with Crippen molar-refractivity contribution in [1.82, 2.24) is 15.2 Å². The number of amides is 1. The van der Waals surface area contributed by atoms with E-state index in [2.05, 4.69) is 10.7 Å². The first-order chi connectivity index (χ1) is 14.9. The van der Waals surface area contributed by atoms with Crippen LogP contribution in [-0.2, 0) is 20.8 Å². The van der Waals surface area contributed by atoms with Gasteiger partial charge >= 0.3 is 5.97 Å². The lowest BCUT2D eigenvalue weighted by molar-refractivity contribution is -0.141. The minimum atomic E-state index is -1.21. The molecule has 8 nitrogen and oxygen atoms in total. The molecule has 2 atom stereocenters. The molecule has 4 N–H and O–H groups in total. The number of aliphatic carboxylic acids is 1.